The van der Waals surface area contributed by atoms with Gasteiger partial charge in [-0.05, 0) is 30.3 Å². The molecule has 4 rings (SSSR count). The van der Waals surface area contributed by atoms with Crippen LogP contribution in [0.1, 0.15) is 21.3 Å². The summed E-state index contributed by atoms with van der Waals surface area (Å²) in [5.74, 6) is -0.329. The van der Waals surface area contributed by atoms with E-state index in [0.29, 0.717) is 5.56 Å². The summed E-state index contributed by atoms with van der Waals surface area (Å²) in [6, 6.07) is 11.4. The van der Waals surface area contributed by atoms with Crippen LogP contribution in [-0.2, 0) is 11.3 Å². The second-order valence-electron chi connectivity index (χ2n) is 5.06. The Hall–Kier alpha value is -2.34. The summed E-state index contributed by atoms with van der Waals surface area (Å²) in [5.41, 5.74) is 3.46. The van der Waals surface area contributed by atoms with Crippen molar-refractivity contribution in [1.82, 2.24) is 14.5 Å². The van der Waals surface area contributed by atoms with Crippen LogP contribution in [-0.4, -0.2) is 27.6 Å². The summed E-state index contributed by atoms with van der Waals surface area (Å²) in [5, 5.41) is 1.22. The lowest BCUT2D eigenvalue weighted by Crippen LogP contribution is -2.03. The predicted molar refractivity (Wildman–Crippen MR) is 83.9 cm³/mol. The Labute approximate surface area is 131 Å². The molecule has 0 N–H and O–H groups in total. The fourth-order valence-electron chi connectivity index (χ4n) is 2.66. The topological polar surface area (TPSA) is 57.0 Å². The third kappa shape index (κ3) is 2.07. The van der Waals surface area contributed by atoms with Gasteiger partial charge in [-0.2, -0.15) is 0 Å². The number of hydrogen-bond acceptors (Lipinski definition) is 5. The largest absolute Gasteiger partial charge is 0.465 e. The number of fused-ring (bicyclic) bond motifs is 3. The molecule has 0 radical (unpaired) electrons. The van der Waals surface area contributed by atoms with Gasteiger partial charge in [-0.25, -0.2) is 9.78 Å². The first kappa shape index (κ1) is 13.3. The van der Waals surface area contributed by atoms with Crippen LogP contribution in [0.15, 0.2) is 47.8 Å². The van der Waals surface area contributed by atoms with E-state index < -0.39 is 0 Å². The van der Waals surface area contributed by atoms with E-state index in [-0.39, 0.29) is 11.2 Å². The van der Waals surface area contributed by atoms with E-state index in [1.165, 1.54) is 7.11 Å². The Morgan fingerprint density at radius 2 is 2.27 bits per heavy atom. The predicted octanol–water partition coefficient (Wildman–Crippen LogP) is 3.06. The van der Waals surface area contributed by atoms with Gasteiger partial charge in [0.2, 0.25) is 0 Å². The van der Waals surface area contributed by atoms with Gasteiger partial charge >= 0.3 is 5.97 Å². The molecule has 5 nitrogen and oxygen atoms in total. The molecular weight excluding hydrogens is 298 g/mol. The van der Waals surface area contributed by atoms with Gasteiger partial charge in [0.15, 0.2) is 5.16 Å². The van der Waals surface area contributed by atoms with Crippen LogP contribution in [0.4, 0.5) is 0 Å². The number of benzene rings is 1. The van der Waals surface area contributed by atoms with E-state index in [4.69, 9.17) is 4.74 Å². The van der Waals surface area contributed by atoms with Gasteiger partial charge in [-0.15, -0.1) is 0 Å². The quantitative estimate of drug-likeness (QED) is 0.681. The highest BCUT2D eigenvalue weighted by molar-refractivity contribution is 7.99. The minimum Gasteiger partial charge on any atom is -0.465 e. The molecule has 0 fully saturated rings. The molecule has 0 amide bonds. The molecular formula is C16H13N3O2S. The SMILES string of the molecule is COC(=O)c1ccc2nc3n(c2c1)CC(c1ccccn1)S3. The van der Waals surface area contributed by atoms with Gasteiger partial charge in [0, 0.05) is 12.7 Å². The van der Waals surface area contributed by atoms with Crippen LogP contribution < -0.4 is 0 Å². The van der Waals surface area contributed by atoms with Gasteiger partial charge < -0.3 is 9.30 Å². The van der Waals surface area contributed by atoms with E-state index in [0.717, 1.165) is 28.4 Å². The molecule has 1 aliphatic rings. The van der Waals surface area contributed by atoms with Gasteiger partial charge in [0.05, 0.1) is 34.7 Å². The highest BCUT2D eigenvalue weighted by atomic mass is 32.2. The average Bonchev–Trinajstić information content (AvgIpc) is 3.12. The molecule has 3 aromatic rings. The Morgan fingerprint density at radius 1 is 1.36 bits per heavy atom. The average molecular weight is 311 g/mol. The van der Waals surface area contributed by atoms with E-state index >= 15 is 0 Å². The zero-order chi connectivity index (χ0) is 15.1. The zero-order valence-corrected chi connectivity index (χ0v) is 12.7. The molecule has 6 heteroatoms. The molecule has 0 spiro atoms. The van der Waals surface area contributed by atoms with Gasteiger partial charge in [-0.1, -0.05) is 17.8 Å². The van der Waals surface area contributed by atoms with Gasteiger partial charge in [0.25, 0.3) is 0 Å². The lowest BCUT2D eigenvalue weighted by molar-refractivity contribution is 0.0601. The lowest BCUT2D eigenvalue weighted by Gasteiger charge is -2.07. The van der Waals surface area contributed by atoms with Gasteiger partial charge in [-0.3, -0.25) is 4.98 Å². The molecule has 1 aromatic carbocycles. The van der Waals surface area contributed by atoms with Crippen LogP contribution in [0.5, 0.6) is 0 Å². The van der Waals surface area contributed by atoms with Gasteiger partial charge in [0.1, 0.15) is 0 Å². The maximum Gasteiger partial charge on any atom is 0.337 e. The number of thioether (sulfide) groups is 1. The molecule has 0 bridgehead atoms. The van der Waals surface area contributed by atoms with E-state index in [1.807, 2.05) is 36.5 Å². The van der Waals surface area contributed by atoms with Crippen molar-refractivity contribution in [3.8, 4) is 0 Å². The van der Waals surface area contributed by atoms with E-state index in [2.05, 4.69) is 14.5 Å². The smallest absolute Gasteiger partial charge is 0.337 e. The van der Waals surface area contributed by atoms with Crippen molar-refractivity contribution in [1.29, 1.82) is 0 Å². The number of hydrogen-bond donors (Lipinski definition) is 0. The first-order chi connectivity index (χ1) is 10.8. The second-order valence-corrected chi connectivity index (χ2v) is 6.23. The monoisotopic (exact) mass is 311 g/mol. The Bertz CT molecular complexity index is 860. The fraction of sp³-hybridized carbons (Fsp3) is 0.188. The third-order valence-electron chi connectivity index (χ3n) is 3.75. The molecule has 1 aliphatic heterocycles. The van der Waals surface area contributed by atoms with Crippen LogP contribution in [0.3, 0.4) is 0 Å². The number of nitrogens with zero attached hydrogens (tertiary/aromatic N) is 3. The molecule has 0 aliphatic carbocycles. The summed E-state index contributed by atoms with van der Waals surface area (Å²) < 4.78 is 6.93. The zero-order valence-electron chi connectivity index (χ0n) is 11.9. The van der Waals surface area contributed by atoms with Crippen LogP contribution in [0.2, 0.25) is 0 Å². The summed E-state index contributed by atoms with van der Waals surface area (Å²) in [6.07, 6.45) is 1.81. The maximum absolute atomic E-state index is 11.7. The van der Waals surface area contributed by atoms with Crippen LogP contribution in [0, 0.1) is 0 Å². The molecule has 1 atom stereocenters. The number of methoxy groups -OCH3 is 1. The van der Waals surface area contributed by atoms with Crippen molar-refractivity contribution in [2.45, 2.75) is 17.0 Å². The van der Waals surface area contributed by atoms with Crippen molar-refractivity contribution >= 4 is 28.8 Å². The standard InChI is InChI=1S/C16H13N3O2S/c1-21-15(20)10-5-6-11-13(8-10)19-9-14(22-16(19)18-11)12-4-2-3-7-17-12/h2-8,14H,9H2,1H3. The number of ether oxygens (including phenoxy) is 1. The number of aromatic nitrogens is 3. The second kappa shape index (κ2) is 5.14. The minimum absolute atomic E-state index is 0.259. The maximum atomic E-state index is 11.7. The van der Waals surface area contributed by atoms with Crippen molar-refractivity contribution in [2.24, 2.45) is 0 Å². The fourth-order valence-corrected chi connectivity index (χ4v) is 3.85. The van der Waals surface area contributed by atoms with Crippen molar-refractivity contribution in [3.63, 3.8) is 0 Å². The molecule has 110 valence electrons. The molecule has 0 saturated carbocycles. The van der Waals surface area contributed by atoms with Crippen LogP contribution in [0.25, 0.3) is 11.0 Å². The first-order valence-electron chi connectivity index (χ1n) is 6.92. The summed E-state index contributed by atoms with van der Waals surface area (Å²) in [4.78, 5) is 20.8. The number of carbonyl (C=O) groups excluding carboxylic acids is 1. The van der Waals surface area contributed by atoms with Crippen molar-refractivity contribution in [3.05, 3.63) is 53.9 Å². The molecule has 1 unspecified atom stereocenters. The number of imidazole rings is 1. The number of rotatable bonds is 2. The minimum atomic E-state index is -0.329. The normalized spacial score (nSPS) is 16.7. The molecule has 2 aromatic heterocycles. The number of carbonyl (C=O) groups is 1. The Balaban J connectivity index is 1.73. The summed E-state index contributed by atoms with van der Waals surface area (Å²) >= 11 is 1.71. The lowest BCUT2D eigenvalue weighted by atomic mass is 10.2. The first-order valence-corrected chi connectivity index (χ1v) is 7.80. The van der Waals surface area contributed by atoms with Crippen LogP contribution >= 0.6 is 11.8 Å². The highest BCUT2D eigenvalue weighted by Crippen LogP contribution is 2.43. The molecule has 3 heterocycles. The summed E-state index contributed by atoms with van der Waals surface area (Å²) in [7, 11) is 1.39. The third-order valence-corrected chi connectivity index (χ3v) is 4.95. The van der Waals surface area contributed by atoms with E-state index in [1.54, 1.807) is 17.8 Å². The Kier molecular flexibility index (Phi) is 3.11. The van der Waals surface area contributed by atoms with Crippen molar-refractivity contribution < 1.29 is 9.53 Å². The Morgan fingerprint density at radius 3 is 3.05 bits per heavy atom. The van der Waals surface area contributed by atoms with Crippen molar-refractivity contribution in [2.75, 3.05) is 7.11 Å². The highest BCUT2D eigenvalue weighted by Gasteiger charge is 2.28. The molecule has 22 heavy (non-hydrogen) atoms. The number of pyridine rings is 1. The number of esters is 1. The van der Waals surface area contributed by atoms with E-state index in [9.17, 15) is 4.79 Å². The summed E-state index contributed by atoms with van der Waals surface area (Å²) in [6.45, 7) is 0.804. The molecule has 0 saturated heterocycles.